The van der Waals surface area contributed by atoms with Crippen LogP contribution in [0.4, 0.5) is 0 Å². The van der Waals surface area contributed by atoms with Gasteiger partial charge in [0, 0.05) is 5.92 Å². The lowest BCUT2D eigenvalue weighted by Gasteiger charge is -2.06. The van der Waals surface area contributed by atoms with Gasteiger partial charge in [0.1, 0.15) is 6.54 Å². The molecule has 0 amide bonds. The Balaban J connectivity index is 1.90. The third-order valence-corrected chi connectivity index (χ3v) is 2.58. The van der Waals surface area contributed by atoms with E-state index in [1.807, 2.05) is 0 Å². The molecule has 5 nitrogen and oxygen atoms in total. The Kier molecular flexibility index (Phi) is 2.76. The van der Waals surface area contributed by atoms with E-state index in [9.17, 15) is 0 Å². The molecule has 5 heteroatoms. The maximum Gasteiger partial charge on any atom is 0.213 e. The second-order valence-electron chi connectivity index (χ2n) is 3.57. The minimum atomic E-state index is 0.429. The average Bonchev–Trinajstić information content (AvgIpc) is 2.87. The lowest BCUT2D eigenvalue weighted by Crippen LogP contribution is -2.21. The van der Waals surface area contributed by atoms with E-state index in [0.717, 1.165) is 5.84 Å². The van der Waals surface area contributed by atoms with Gasteiger partial charge in [-0.2, -0.15) is 4.98 Å². The summed E-state index contributed by atoms with van der Waals surface area (Å²) in [7, 11) is 0. The second kappa shape index (κ2) is 4.21. The number of nitrogens with zero attached hydrogens (tertiary/aromatic N) is 3. The Labute approximate surface area is 82.4 Å². The highest BCUT2D eigenvalue weighted by Gasteiger charge is 2.18. The van der Waals surface area contributed by atoms with Crippen LogP contribution in [0.15, 0.2) is 15.9 Å². The first-order valence-electron chi connectivity index (χ1n) is 4.91. The predicted octanol–water partition coefficient (Wildman–Crippen LogP) is 1.12. The number of aromatic nitrogens is 2. The van der Waals surface area contributed by atoms with E-state index in [2.05, 4.69) is 19.7 Å². The minimum absolute atomic E-state index is 0.429. The van der Waals surface area contributed by atoms with Crippen LogP contribution >= 0.6 is 0 Å². The van der Waals surface area contributed by atoms with Gasteiger partial charge in [-0.3, -0.25) is 4.99 Å². The molecule has 2 N–H and O–H groups in total. The van der Waals surface area contributed by atoms with Crippen molar-refractivity contribution < 1.29 is 4.52 Å². The van der Waals surface area contributed by atoms with Gasteiger partial charge in [-0.1, -0.05) is 18.0 Å². The fourth-order valence-corrected chi connectivity index (χ4v) is 1.77. The molecule has 1 saturated carbocycles. The second-order valence-corrected chi connectivity index (χ2v) is 3.57. The molecule has 0 radical (unpaired) electrons. The van der Waals surface area contributed by atoms with Gasteiger partial charge in [-0.15, -0.1) is 0 Å². The average molecular weight is 194 g/mol. The maximum absolute atomic E-state index is 5.86. The van der Waals surface area contributed by atoms with Crippen molar-refractivity contribution in [3.05, 3.63) is 12.2 Å². The molecule has 1 heterocycles. The number of amidine groups is 1. The Morgan fingerprint density at radius 2 is 2.36 bits per heavy atom. The summed E-state index contributed by atoms with van der Waals surface area (Å²) in [5.41, 5.74) is 5.86. The zero-order valence-electron chi connectivity index (χ0n) is 8.02. The monoisotopic (exact) mass is 194 g/mol. The molecule has 0 atom stereocenters. The molecule has 1 fully saturated rings. The van der Waals surface area contributed by atoms with Crippen molar-refractivity contribution in [2.24, 2.45) is 16.6 Å². The van der Waals surface area contributed by atoms with E-state index >= 15 is 0 Å². The number of hydrogen-bond donors (Lipinski definition) is 1. The number of nitrogens with two attached hydrogens (primary N) is 1. The molecule has 76 valence electrons. The third kappa shape index (κ3) is 2.10. The maximum atomic E-state index is 5.86. The summed E-state index contributed by atoms with van der Waals surface area (Å²) < 4.78 is 4.60. The molecule has 0 spiro atoms. The minimum Gasteiger partial charge on any atom is -0.387 e. The first-order chi connectivity index (χ1) is 6.86. The molecule has 14 heavy (non-hydrogen) atoms. The van der Waals surface area contributed by atoms with Crippen LogP contribution in [0.5, 0.6) is 0 Å². The largest absolute Gasteiger partial charge is 0.387 e. The standard InChI is InChI=1S/C9H14N4O/c10-9(7-3-1-2-4-7)11-5-8-12-6-14-13-8/h6-7H,1-5H2,(H2,10,11). The van der Waals surface area contributed by atoms with Gasteiger partial charge in [0.15, 0.2) is 5.82 Å². The van der Waals surface area contributed by atoms with Gasteiger partial charge in [-0.05, 0) is 12.8 Å². The lowest BCUT2D eigenvalue weighted by atomic mass is 10.1. The summed E-state index contributed by atoms with van der Waals surface area (Å²) in [6.07, 6.45) is 6.17. The molecular weight excluding hydrogens is 180 g/mol. The molecule has 2 rings (SSSR count). The molecule has 0 saturated heterocycles. The Hall–Kier alpha value is -1.39. The van der Waals surface area contributed by atoms with Crippen molar-refractivity contribution in [1.82, 2.24) is 10.1 Å². The summed E-state index contributed by atoms with van der Waals surface area (Å²) in [5, 5.41) is 3.67. The molecule has 0 aromatic carbocycles. The molecule has 0 aliphatic heterocycles. The highest BCUT2D eigenvalue weighted by molar-refractivity contribution is 5.82. The van der Waals surface area contributed by atoms with Crippen molar-refractivity contribution in [3.63, 3.8) is 0 Å². The molecule has 0 unspecified atom stereocenters. The fourth-order valence-electron chi connectivity index (χ4n) is 1.77. The molecule has 1 aliphatic carbocycles. The number of aliphatic imine (C=N–C) groups is 1. The van der Waals surface area contributed by atoms with Crippen LogP contribution in [0, 0.1) is 5.92 Å². The van der Waals surface area contributed by atoms with E-state index < -0.39 is 0 Å². The van der Waals surface area contributed by atoms with Crippen molar-refractivity contribution in [3.8, 4) is 0 Å². The van der Waals surface area contributed by atoms with E-state index in [1.165, 1.54) is 32.1 Å². The molecular formula is C9H14N4O. The Morgan fingerprint density at radius 3 is 3.00 bits per heavy atom. The predicted molar refractivity (Wildman–Crippen MR) is 51.6 cm³/mol. The first kappa shape index (κ1) is 9.18. The summed E-state index contributed by atoms with van der Waals surface area (Å²) >= 11 is 0. The van der Waals surface area contributed by atoms with Crippen LogP contribution in [0.25, 0.3) is 0 Å². The fraction of sp³-hybridized carbons (Fsp3) is 0.667. The van der Waals surface area contributed by atoms with Crippen LogP contribution in [0.2, 0.25) is 0 Å². The highest BCUT2D eigenvalue weighted by Crippen LogP contribution is 2.24. The third-order valence-electron chi connectivity index (χ3n) is 2.58. The van der Waals surface area contributed by atoms with E-state index in [4.69, 9.17) is 5.73 Å². The van der Waals surface area contributed by atoms with Crippen LogP contribution in [-0.2, 0) is 6.54 Å². The van der Waals surface area contributed by atoms with E-state index in [0.29, 0.717) is 18.3 Å². The molecule has 1 aromatic heterocycles. The molecule has 0 bridgehead atoms. The SMILES string of the molecule is NC(=NCc1ncon1)C1CCCC1. The van der Waals surface area contributed by atoms with Crippen molar-refractivity contribution in [1.29, 1.82) is 0 Å². The molecule has 1 aromatic rings. The van der Waals surface area contributed by atoms with Crippen LogP contribution in [-0.4, -0.2) is 16.0 Å². The zero-order valence-corrected chi connectivity index (χ0v) is 8.02. The van der Waals surface area contributed by atoms with Crippen molar-refractivity contribution in [2.75, 3.05) is 0 Å². The quantitative estimate of drug-likeness (QED) is 0.577. The first-order valence-corrected chi connectivity index (χ1v) is 4.91. The normalized spacial score (nSPS) is 19.0. The topological polar surface area (TPSA) is 77.3 Å². The van der Waals surface area contributed by atoms with Gasteiger partial charge in [0.25, 0.3) is 0 Å². The van der Waals surface area contributed by atoms with E-state index in [-0.39, 0.29) is 0 Å². The smallest absolute Gasteiger partial charge is 0.213 e. The van der Waals surface area contributed by atoms with Crippen LogP contribution in [0.3, 0.4) is 0 Å². The summed E-state index contributed by atoms with van der Waals surface area (Å²) in [5.74, 6) is 1.81. The Bertz CT molecular complexity index is 301. The van der Waals surface area contributed by atoms with Gasteiger partial charge in [-0.25, -0.2) is 0 Å². The van der Waals surface area contributed by atoms with E-state index in [1.54, 1.807) is 0 Å². The van der Waals surface area contributed by atoms with Crippen molar-refractivity contribution in [2.45, 2.75) is 32.2 Å². The summed E-state index contributed by atoms with van der Waals surface area (Å²) in [6, 6.07) is 0. The zero-order chi connectivity index (χ0) is 9.80. The van der Waals surface area contributed by atoms with Crippen molar-refractivity contribution >= 4 is 5.84 Å². The summed E-state index contributed by atoms with van der Waals surface area (Å²) in [6.45, 7) is 0.429. The highest BCUT2D eigenvalue weighted by atomic mass is 16.5. The Morgan fingerprint density at radius 1 is 1.57 bits per heavy atom. The van der Waals surface area contributed by atoms with Crippen LogP contribution in [0.1, 0.15) is 31.5 Å². The number of hydrogen-bond acceptors (Lipinski definition) is 4. The number of rotatable bonds is 3. The van der Waals surface area contributed by atoms with Gasteiger partial charge in [0.05, 0.1) is 5.84 Å². The lowest BCUT2D eigenvalue weighted by molar-refractivity contribution is 0.410. The van der Waals surface area contributed by atoms with Gasteiger partial charge in [0.2, 0.25) is 6.39 Å². The van der Waals surface area contributed by atoms with Gasteiger partial charge >= 0.3 is 0 Å². The molecule has 1 aliphatic rings. The summed E-state index contributed by atoms with van der Waals surface area (Å²) in [4.78, 5) is 8.13. The van der Waals surface area contributed by atoms with Crippen LogP contribution < -0.4 is 5.73 Å². The van der Waals surface area contributed by atoms with Gasteiger partial charge < -0.3 is 10.3 Å².